The first-order valence-corrected chi connectivity index (χ1v) is 7.98. The van der Waals surface area contributed by atoms with Gasteiger partial charge in [0.15, 0.2) is 0 Å². The Hall–Kier alpha value is -1.20. The number of hydrogen-bond donors (Lipinski definition) is 1. The minimum atomic E-state index is 0.107. The normalized spacial score (nSPS) is 13.4. The van der Waals surface area contributed by atoms with E-state index in [1.54, 1.807) is 4.68 Å². The van der Waals surface area contributed by atoms with E-state index in [0.29, 0.717) is 5.92 Å². The predicted molar refractivity (Wildman–Crippen MR) is 89.3 cm³/mol. The molecule has 21 heavy (non-hydrogen) atoms. The lowest BCUT2D eigenvalue weighted by Crippen LogP contribution is -2.39. The molecule has 0 aliphatic heterocycles. The summed E-state index contributed by atoms with van der Waals surface area (Å²) in [5.41, 5.74) is 2.46. The van der Waals surface area contributed by atoms with Crippen LogP contribution in [0.3, 0.4) is 0 Å². The molecule has 0 radical (unpaired) electrons. The molecule has 4 nitrogen and oxygen atoms in total. The Morgan fingerprint density at radius 2 is 1.90 bits per heavy atom. The number of nitrogens with one attached hydrogen (secondary N) is 1. The topological polar surface area (TPSA) is 42.7 Å². The van der Waals surface area contributed by atoms with Crippen molar-refractivity contribution in [2.24, 2.45) is 7.05 Å². The number of nitrogens with zero attached hydrogens (tertiary/aromatic N) is 3. The Balaban J connectivity index is 2.15. The summed E-state index contributed by atoms with van der Waals surface area (Å²) in [5, 5.41) is 11.8. The van der Waals surface area contributed by atoms with Crippen LogP contribution in [0.1, 0.15) is 37.9 Å². The van der Waals surface area contributed by atoms with Crippen molar-refractivity contribution < 1.29 is 0 Å². The van der Waals surface area contributed by atoms with Crippen LogP contribution in [0.5, 0.6) is 0 Å². The minimum Gasteiger partial charge on any atom is -0.311 e. The number of aryl methyl sites for hydroxylation is 1. The van der Waals surface area contributed by atoms with Crippen LogP contribution in [0, 0.1) is 0 Å². The summed E-state index contributed by atoms with van der Waals surface area (Å²) >= 11 is 3.49. The monoisotopic (exact) mass is 350 g/mol. The van der Waals surface area contributed by atoms with E-state index in [0.717, 1.165) is 23.1 Å². The smallest absolute Gasteiger partial charge is 0.0833 e. The van der Waals surface area contributed by atoms with E-state index in [-0.39, 0.29) is 5.54 Å². The summed E-state index contributed by atoms with van der Waals surface area (Å²) in [4.78, 5) is 0. The molecule has 0 aliphatic carbocycles. The maximum absolute atomic E-state index is 4.22. The van der Waals surface area contributed by atoms with Gasteiger partial charge in [-0.05, 0) is 38.5 Å². The predicted octanol–water partition coefficient (Wildman–Crippen LogP) is 3.29. The molecule has 0 bridgehead atoms. The first-order chi connectivity index (χ1) is 9.83. The molecule has 1 N–H and O–H groups in total. The van der Waals surface area contributed by atoms with Gasteiger partial charge in [0.25, 0.3) is 0 Å². The molecule has 1 atom stereocenters. The zero-order valence-corrected chi connectivity index (χ0v) is 14.7. The van der Waals surface area contributed by atoms with Gasteiger partial charge in [0.05, 0.1) is 5.69 Å². The van der Waals surface area contributed by atoms with Crippen LogP contribution in [-0.4, -0.2) is 27.1 Å². The second kappa shape index (κ2) is 6.71. The third-order valence-corrected chi connectivity index (χ3v) is 3.85. The minimum absolute atomic E-state index is 0.107. The largest absolute Gasteiger partial charge is 0.311 e. The van der Waals surface area contributed by atoms with Gasteiger partial charge in [-0.2, -0.15) is 0 Å². The summed E-state index contributed by atoms with van der Waals surface area (Å²) in [5.74, 6) is 0.383. The lowest BCUT2D eigenvalue weighted by molar-refractivity contribution is 0.404. The van der Waals surface area contributed by atoms with Crippen molar-refractivity contribution in [1.82, 2.24) is 20.3 Å². The molecule has 0 saturated heterocycles. The molecule has 0 fully saturated rings. The molecular weight excluding hydrogens is 328 g/mol. The number of hydrogen-bond acceptors (Lipinski definition) is 3. The van der Waals surface area contributed by atoms with Crippen molar-refractivity contribution in [3.8, 4) is 0 Å². The van der Waals surface area contributed by atoms with Gasteiger partial charge in [-0.25, -0.2) is 0 Å². The molecule has 2 rings (SSSR count). The third-order valence-electron chi connectivity index (χ3n) is 3.33. The molecule has 1 aromatic heterocycles. The fraction of sp³-hybridized carbons (Fsp3) is 0.500. The van der Waals surface area contributed by atoms with Crippen molar-refractivity contribution in [2.45, 2.75) is 38.6 Å². The maximum atomic E-state index is 4.22. The van der Waals surface area contributed by atoms with Crippen LogP contribution in [0.2, 0.25) is 0 Å². The maximum Gasteiger partial charge on any atom is 0.0833 e. The van der Waals surface area contributed by atoms with E-state index >= 15 is 0 Å². The number of benzene rings is 1. The summed E-state index contributed by atoms with van der Waals surface area (Å²) in [6, 6.07) is 8.54. The Morgan fingerprint density at radius 3 is 2.43 bits per heavy atom. The highest BCUT2D eigenvalue weighted by molar-refractivity contribution is 9.10. The van der Waals surface area contributed by atoms with Crippen LogP contribution in [0.4, 0.5) is 0 Å². The van der Waals surface area contributed by atoms with Gasteiger partial charge < -0.3 is 5.32 Å². The average Bonchev–Trinajstić information content (AvgIpc) is 2.80. The van der Waals surface area contributed by atoms with E-state index in [1.165, 1.54) is 5.56 Å². The standard InChI is InChI=1S/C16H23BrN4/c1-16(2,3)18-10-13(9-15-11-21(4)20-19-15)12-5-7-14(17)8-6-12/h5-8,11,13,18H,9-10H2,1-4H3. The Bertz CT molecular complexity index is 569. The van der Waals surface area contributed by atoms with Crippen LogP contribution in [0.15, 0.2) is 34.9 Å². The molecule has 2 aromatic rings. The van der Waals surface area contributed by atoms with E-state index < -0.39 is 0 Å². The third kappa shape index (κ3) is 5.25. The fourth-order valence-electron chi connectivity index (χ4n) is 2.21. The lowest BCUT2D eigenvalue weighted by Gasteiger charge is -2.25. The van der Waals surface area contributed by atoms with E-state index in [4.69, 9.17) is 0 Å². The highest BCUT2D eigenvalue weighted by Gasteiger charge is 2.18. The molecule has 5 heteroatoms. The summed E-state index contributed by atoms with van der Waals surface area (Å²) < 4.78 is 2.86. The first-order valence-electron chi connectivity index (χ1n) is 7.19. The molecule has 114 valence electrons. The van der Waals surface area contributed by atoms with Gasteiger partial charge in [0.2, 0.25) is 0 Å². The van der Waals surface area contributed by atoms with Gasteiger partial charge in [0.1, 0.15) is 0 Å². The SMILES string of the molecule is Cn1cc(CC(CNC(C)(C)C)c2ccc(Br)cc2)nn1. The summed E-state index contributed by atoms with van der Waals surface area (Å²) in [7, 11) is 1.90. The molecule has 0 spiro atoms. The van der Waals surface area contributed by atoms with Crippen molar-refractivity contribution >= 4 is 15.9 Å². The second-order valence-corrected chi connectivity index (χ2v) is 7.38. The average molecular weight is 351 g/mol. The van der Waals surface area contributed by atoms with E-state index in [2.05, 4.69) is 76.6 Å². The first kappa shape index (κ1) is 16.2. The van der Waals surface area contributed by atoms with Crippen molar-refractivity contribution in [3.05, 3.63) is 46.2 Å². The van der Waals surface area contributed by atoms with Crippen molar-refractivity contribution in [2.75, 3.05) is 6.54 Å². The molecular formula is C16H23BrN4. The Morgan fingerprint density at radius 1 is 1.24 bits per heavy atom. The second-order valence-electron chi connectivity index (χ2n) is 6.47. The molecule has 1 aromatic carbocycles. The summed E-state index contributed by atoms with van der Waals surface area (Å²) in [6.45, 7) is 7.48. The van der Waals surface area contributed by atoms with Crippen molar-refractivity contribution in [3.63, 3.8) is 0 Å². The van der Waals surface area contributed by atoms with Gasteiger partial charge >= 0.3 is 0 Å². The summed E-state index contributed by atoms with van der Waals surface area (Å²) in [6.07, 6.45) is 2.88. The molecule has 1 heterocycles. The molecule has 0 aliphatic rings. The van der Waals surface area contributed by atoms with E-state index in [1.807, 2.05) is 13.2 Å². The van der Waals surface area contributed by atoms with Crippen LogP contribution >= 0.6 is 15.9 Å². The number of rotatable bonds is 5. The van der Waals surface area contributed by atoms with Crippen LogP contribution in [-0.2, 0) is 13.5 Å². The zero-order chi connectivity index (χ0) is 15.5. The van der Waals surface area contributed by atoms with Crippen molar-refractivity contribution in [1.29, 1.82) is 0 Å². The Labute approximate surface area is 135 Å². The molecule has 0 saturated carbocycles. The zero-order valence-electron chi connectivity index (χ0n) is 13.1. The molecule has 0 amide bonds. The van der Waals surface area contributed by atoms with E-state index in [9.17, 15) is 0 Å². The lowest BCUT2D eigenvalue weighted by atomic mass is 9.93. The van der Waals surface area contributed by atoms with Gasteiger partial charge in [-0.15, -0.1) is 5.10 Å². The highest BCUT2D eigenvalue weighted by Crippen LogP contribution is 2.22. The Kier molecular flexibility index (Phi) is 5.17. The quantitative estimate of drug-likeness (QED) is 0.899. The highest BCUT2D eigenvalue weighted by atomic mass is 79.9. The van der Waals surface area contributed by atoms with Crippen LogP contribution < -0.4 is 5.32 Å². The van der Waals surface area contributed by atoms with Gasteiger partial charge in [-0.1, -0.05) is 33.3 Å². The van der Waals surface area contributed by atoms with Crippen LogP contribution in [0.25, 0.3) is 0 Å². The number of aromatic nitrogens is 3. The molecule has 1 unspecified atom stereocenters. The van der Waals surface area contributed by atoms with Gasteiger partial charge in [-0.3, -0.25) is 4.68 Å². The number of halogens is 1. The fourth-order valence-corrected chi connectivity index (χ4v) is 2.48. The van der Waals surface area contributed by atoms with Gasteiger partial charge in [0, 0.05) is 42.1 Å².